The van der Waals surface area contributed by atoms with Crippen LogP contribution in [0.4, 0.5) is 0 Å². The van der Waals surface area contributed by atoms with E-state index >= 15 is 0 Å². The summed E-state index contributed by atoms with van der Waals surface area (Å²) in [6, 6.07) is 8.19. The van der Waals surface area contributed by atoms with Gasteiger partial charge in [-0.2, -0.15) is 0 Å². The van der Waals surface area contributed by atoms with Crippen LogP contribution in [0.2, 0.25) is 0 Å². The molecule has 22 heavy (non-hydrogen) atoms. The fourth-order valence-electron chi connectivity index (χ4n) is 2.11. The summed E-state index contributed by atoms with van der Waals surface area (Å²) in [5, 5.41) is 2.12. The summed E-state index contributed by atoms with van der Waals surface area (Å²) in [7, 11) is 0. The molecule has 2 aromatic rings. The molecule has 120 valence electrons. The molecule has 0 fully saturated rings. The highest BCUT2D eigenvalue weighted by atomic mass is 35.5. The first-order valence-electron chi connectivity index (χ1n) is 7.30. The number of imidazole rings is 1. The second-order valence-corrected chi connectivity index (χ2v) is 5.47. The van der Waals surface area contributed by atoms with E-state index in [1.807, 2.05) is 35.3 Å². The Balaban J connectivity index is 0.00000242. The summed E-state index contributed by atoms with van der Waals surface area (Å²) in [5.74, 6) is 0.933. The maximum absolute atomic E-state index is 5.98. The van der Waals surface area contributed by atoms with Crippen LogP contribution in [-0.2, 0) is 0 Å². The van der Waals surface area contributed by atoms with Crippen LogP contribution in [0.15, 0.2) is 48.4 Å². The van der Waals surface area contributed by atoms with E-state index in [0.29, 0.717) is 0 Å². The molecule has 0 amide bonds. The number of nitrogens with zero attached hydrogens (tertiary/aromatic N) is 2. The molecule has 0 aliphatic carbocycles. The van der Waals surface area contributed by atoms with Crippen molar-refractivity contribution in [2.24, 2.45) is 0 Å². The Bertz CT molecular complexity index is 570. The van der Waals surface area contributed by atoms with E-state index in [0.717, 1.165) is 30.0 Å². The zero-order chi connectivity index (χ0) is 14.9. The molecule has 0 atom stereocenters. The summed E-state index contributed by atoms with van der Waals surface area (Å²) in [5.41, 5.74) is 2.19. The Morgan fingerprint density at radius 3 is 2.82 bits per heavy atom. The third kappa shape index (κ3) is 5.11. The second kappa shape index (κ2) is 10.4. The normalized spacial score (nSPS) is 11.1. The van der Waals surface area contributed by atoms with Gasteiger partial charge in [0.1, 0.15) is 5.75 Å². The maximum Gasteiger partial charge on any atom is 0.128 e. The second-order valence-electron chi connectivity index (χ2n) is 4.76. The minimum atomic E-state index is 0. The summed E-state index contributed by atoms with van der Waals surface area (Å²) in [4.78, 5) is 4.14. The van der Waals surface area contributed by atoms with Gasteiger partial charge < -0.3 is 9.30 Å². The monoisotopic (exact) mass is 338 g/mol. The smallest absolute Gasteiger partial charge is 0.128 e. The van der Waals surface area contributed by atoms with Crippen LogP contribution in [0, 0.1) is 0 Å². The molecule has 1 aromatic carbocycles. The average Bonchev–Trinajstić information content (AvgIpc) is 3.04. The van der Waals surface area contributed by atoms with Crippen LogP contribution in [0.1, 0.15) is 31.7 Å². The van der Waals surface area contributed by atoms with Crippen LogP contribution >= 0.6 is 24.2 Å². The molecule has 0 aliphatic heterocycles. The van der Waals surface area contributed by atoms with E-state index in [9.17, 15) is 0 Å². The van der Waals surface area contributed by atoms with Crippen LogP contribution in [0.25, 0.3) is 5.70 Å². The van der Waals surface area contributed by atoms with Gasteiger partial charge >= 0.3 is 0 Å². The first kappa shape index (κ1) is 18.7. The Morgan fingerprint density at radius 1 is 1.32 bits per heavy atom. The Hall–Kier alpha value is -1.39. The Labute approximate surface area is 143 Å². The number of thioether (sulfide) groups is 1. The molecule has 1 heterocycles. The summed E-state index contributed by atoms with van der Waals surface area (Å²) in [6.45, 7) is 2.97. The molecule has 2 rings (SSSR count). The van der Waals surface area contributed by atoms with Crippen molar-refractivity contribution in [2.75, 3.05) is 12.9 Å². The van der Waals surface area contributed by atoms with Gasteiger partial charge in [-0.15, -0.1) is 24.2 Å². The third-order valence-corrected chi connectivity index (χ3v) is 3.64. The molecule has 0 saturated heterocycles. The van der Waals surface area contributed by atoms with E-state index in [4.69, 9.17) is 4.74 Å². The van der Waals surface area contributed by atoms with Gasteiger partial charge in [-0.3, -0.25) is 0 Å². The van der Waals surface area contributed by atoms with E-state index in [-0.39, 0.29) is 12.4 Å². The lowest BCUT2D eigenvalue weighted by Crippen LogP contribution is -2.03. The largest absolute Gasteiger partial charge is 0.493 e. The minimum Gasteiger partial charge on any atom is -0.493 e. The van der Waals surface area contributed by atoms with Crippen molar-refractivity contribution < 1.29 is 4.74 Å². The van der Waals surface area contributed by atoms with Gasteiger partial charge in [0.15, 0.2) is 0 Å². The number of hydrogen-bond donors (Lipinski definition) is 0. The zero-order valence-electron chi connectivity index (χ0n) is 13.1. The fraction of sp³-hybridized carbons (Fsp3) is 0.353. The van der Waals surface area contributed by atoms with Crippen molar-refractivity contribution >= 4 is 29.9 Å². The molecule has 0 saturated carbocycles. The van der Waals surface area contributed by atoms with Crippen molar-refractivity contribution in [3.8, 4) is 5.75 Å². The average molecular weight is 339 g/mol. The van der Waals surface area contributed by atoms with E-state index in [2.05, 4.69) is 29.6 Å². The van der Waals surface area contributed by atoms with Crippen LogP contribution < -0.4 is 4.74 Å². The third-order valence-electron chi connectivity index (χ3n) is 3.18. The van der Waals surface area contributed by atoms with Crippen LogP contribution in [0.3, 0.4) is 0 Å². The molecule has 0 N–H and O–H groups in total. The summed E-state index contributed by atoms with van der Waals surface area (Å²) >= 11 is 1.68. The molecular weight excluding hydrogens is 316 g/mol. The number of para-hydroxylation sites is 1. The lowest BCUT2D eigenvalue weighted by Gasteiger charge is -2.14. The van der Waals surface area contributed by atoms with E-state index in [1.165, 1.54) is 12.8 Å². The number of halogens is 1. The molecule has 0 radical (unpaired) electrons. The van der Waals surface area contributed by atoms with E-state index in [1.54, 1.807) is 18.0 Å². The molecule has 0 unspecified atom stereocenters. The number of hydrogen-bond acceptors (Lipinski definition) is 3. The van der Waals surface area contributed by atoms with Gasteiger partial charge in [0.05, 0.1) is 18.6 Å². The first-order valence-corrected chi connectivity index (χ1v) is 8.59. The zero-order valence-corrected chi connectivity index (χ0v) is 14.7. The highest BCUT2D eigenvalue weighted by molar-refractivity contribution is 8.01. The topological polar surface area (TPSA) is 27.1 Å². The van der Waals surface area contributed by atoms with Crippen LogP contribution in [-0.4, -0.2) is 22.4 Å². The van der Waals surface area contributed by atoms with Gasteiger partial charge in [0, 0.05) is 18.0 Å². The van der Waals surface area contributed by atoms with E-state index < -0.39 is 0 Å². The van der Waals surface area contributed by atoms with Crippen molar-refractivity contribution in [1.82, 2.24) is 9.55 Å². The lowest BCUT2D eigenvalue weighted by molar-refractivity contribution is 0.305. The molecule has 5 heteroatoms. The first-order chi connectivity index (χ1) is 10.4. The highest BCUT2D eigenvalue weighted by Gasteiger charge is 2.10. The van der Waals surface area contributed by atoms with Crippen LogP contribution in [0.5, 0.6) is 5.75 Å². The lowest BCUT2D eigenvalue weighted by atomic mass is 10.1. The number of aromatic nitrogens is 2. The number of benzene rings is 1. The standard InChI is InChI=1S/C17H22N2OS.ClH/c1-3-4-7-12-20-17-9-6-5-8-15(17)16(13-21-2)19-11-10-18-14-19;/h5-6,8-11,13-14H,3-4,7,12H2,1-2H3;1H/b16-13-;. The molecule has 0 aliphatic rings. The Morgan fingerprint density at radius 2 is 2.14 bits per heavy atom. The SMILES string of the molecule is CCCCCOc1ccccc1/C(=C/SC)n1ccnc1.Cl. The predicted octanol–water partition coefficient (Wildman–Crippen LogP) is 5.08. The minimum absolute atomic E-state index is 0. The number of ether oxygens (including phenoxy) is 1. The summed E-state index contributed by atoms with van der Waals surface area (Å²) in [6.07, 6.45) is 11.1. The van der Waals surface area contributed by atoms with Crippen molar-refractivity contribution in [1.29, 1.82) is 0 Å². The van der Waals surface area contributed by atoms with Gasteiger partial charge in [0.25, 0.3) is 0 Å². The van der Waals surface area contributed by atoms with Gasteiger partial charge in [-0.25, -0.2) is 4.98 Å². The fourth-order valence-corrected chi connectivity index (χ4v) is 2.59. The molecule has 3 nitrogen and oxygen atoms in total. The predicted molar refractivity (Wildman–Crippen MR) is 97.8 cm³/mol. The quantitative estimate of drug-likeness (QED) is 0.628. The van der Waals surface area contributed by atoms with Crippen molar-refractivity contribution in [2.45, 2.75) is 26.2 Å². The van der Waals surface area contributed by atoms with Gasteiger partial charge in [-0.1, -0.05) is 31.9 Å². The molecule has 1 aromatic heterocycles. The highest BCUT2D eigenvalue weighted by Crippen LogP contribution is 2.28. The van der Waals surface area contributed by atoms with Gasteiger partial charge in [0.2, 0.25) is 0 Å². The number of unbranched alkanes of at least 4 members (excludes halogenated alkanes) is 2. The molecule has 0 spiro atoms. The van der Waals surface area contributed by atoms with Gasteiger partial charge in [-0.05, 0) is 30.2 Å². The maximum atomic E-state index is 5.98. The number of rotatable bonds is 8. The molecule has 0 bridgehead atoms. The van der Waals surface area contributed by atoms with Crippen molar-refractivity contribution in [3.63, 3.8) is 0 Å². The molecular formula is C17H23ClN2OS. The van der Waals surface area contributed by atoms with Crippen molar-refractivity contribution in [3.05, 3.63) is 54.0 Å². The Kier molecular flexibility index (Phi) is 8.78. The summed E-state index contributed by atoms with van der Waals surface area (Å²) < 4.78 is 8.00.